The van der Waals surface area contributed by atoms with Crippen LogP contribution < -0.4 is 15.0 Å². The van der Waals surface area contributed by atoms with Crippen LogP contribution in [0.3, 0.4) is 0 Å². The van der Waals surface area contributed by atoms with Crippen molar-refractivity contribution in [2.24, 2.45) is 0 Å². The average Bonchev–Trinajstić information content (AvgIpc) is 2.62. The summed E-state index contributed by atoms with van der Waals surface area (Å²) in [6, 6.07) is 14.1. The molecule has 1 aromatic heterocycles. The molecule has 6 nitrogen and oxygen atoms in total. The predicted molar refractivity (Wildman–Crippen MR) is 89.1 cm³/mol. The van der Waals surface area contributed by atoms with Crippen LogP contribution in [0, 0.1) is 11.3 Å². The van der Waals surface area contributed by atoms with Crippen molar-refractivity contribution in [3.05, 3.63) is 64.2 Å². The van der Waals surface area contributed by atoms with Gasteiger partial charge in [0, 0.05) is 6.07 Å². The molecule has 0 saturated carbocycles. The minimum atomic E-state index is -0.496. The number of hydrogen-bond acceptors (Lipinski definition) is 5. The number of aromatic nitrogens is 2. The van der Waals surface area contributed by atoms with E-state index in [-0.39, 0.29) is 5.56 Å². The molecule has 120 valence electrons. The quantitative estimate of drug-likeness (QED) is 0.798. The number of methoxy groups -OCH3 is 1. The van der Waals surface area contributed by atoms with Crippen LogP contribution in [-0.2, 0) is 0 Å². The number of nitrogens with one attached hydrogen (secondary N) is 1. The molecule has 0 aliphatic heterocycles. The van der Waals surface area contributed by atoms with E-state index in [4.69, 9.17) is 14.7 Å². The van der Waals surface area contributed by atoms with Crippen molar-refractivity contribution in [1.29, 1.82) is 5.26 Å². The molecule has 3 aromatic rings. The van der Waals surface area contributed by atoms with Gasteiger partial charge in [-0.25, -0.2) is 4.98 Å². The summed E-state index contributed by atoms with van der Waals surface area (Å²) >= 11 is 0. The van der Waals surface area contributed by atoms with E-state index in [1.165, 1.54) is 7.11 Å². The number of nitriles is 1. The second-order valence-electron chi connectivity index (χ2n) is 5.21. The third-order valence-electron chi connectivity index (χ3n) is 3.61. The first kappa shape index (κ1) is 15.6. The number of hydrogen-bond donors (Lipinski definition) is 1. The number of rotatable bonds is 4. The van der Waals surface area contributed by atoms with E-state index >= 15 is 0 Å². The number of ether oxygens (including phenoxy) is 2. The van der Waals surface area contributed by atoms with Crippen LogP contribution in [0.5, 0.6) is 11.5 Å². The van der Waals surface area contributed by atoms with Crippen molar-refractivity contribution in [1.82, 2.24) is 9.97 Å². The molecule has 0 bridgehead atoms. The Morgan fingerprint density at radius 1 is 1.21 bits per heavy atom. The third-order valence-corrected chi connectivity index (χ3v) is 3.61. The number of nitrogens with zero attached hydrogens (tertiary/aromatic N) is 2. The fourth-order valence-corrected chi connectivity index (χ4v) is 2.38. The van der Waals surface area contributed by atoms with E-state index in [1.54, 1.807) is 43.3 Å². The Kier molecular flexibility index (Phi) is 4.17. The Balaban J connectivity index is 1.94. The molecule has 1 unspecified atom stereocenters. The van der Waals surface area contributed by atoms with E-state index in [0.717, 1.165) is 0 Å². The summed E-state index contributed by atoms with van der Waals surface area (Å²) < 4.78 is 11.1. The minimum Gasteiger partial charge on any atom is -0.493 e. The van der Waals surface area contributed by atoms with Gasteiger partial charge >= 0.3 is 0 Å². The number of fused-ring (bicyclic) bond motifs is 1. The van der Waals surface area contributed by atoms with Gasteiger partial charge in [0.1, 0.15) is 0 Å². The normalized spacial score (nSPS) is 11.7. The summed E-state index contributed by atoms with van der Waals surface area (Å²) in [6.07, 6.45) is -0.496. The van der Waals surface area contributed by atoms with Crippen LogP contribution in [0.2, 0.25) is 0 Å². The molecule has 0 spiro atoms. The van der Waals surface area contributed by atoms with Gasteiger partial charge in [-0.2, -0.15) is 5.26 Å². The number of aromatic amines is 1. The number of para-hydroxylation sites is 1. The lowest BCUT2D eigenvalue weighted by Gasteiger charge is -2.16. The lowest BCUT2D eigenvalue weighted by atomic mass is 10.2. The van der Waals surface area contributed by atoms with E-state index < -0.39 is 6.10 Å². The van der Waals surface area contributed by atoms with Crippen molar-refractivity contribution in [3.8, 4) is 17.6 Å². The summed E-state index contributed by atoms with van der Waals surface area (Å²) in [5.41, 5.74) is 0.875. The Morgan fingerprint density at radius 2 is 2.00 bits per heavy atom. The Labute approximate surface area is 138 Å². The number of benzene rings is 2. The SMILES string of the molecule is COc1cc(C#N)ccc1OC(C)c1nc2ccccc2c(=O)[nH]1. The first-order valence-electron chi connectivity index (χ1n) is 7.36. The third kappa shape index (κ3) is 2.92. The molecule has 2 aromatic carbocycles. The van der Waals surface area contributed by atoms with Gasteiger partial charge in [-0.05, 0) is 31.2 Å². The fourth-order valence-electron chi connectivity index (χ4n) is 2.38. The Hall–Kier alpha value is -3.33. The van der Waals surface area contributed by atoms with Crippen molar-refractivity contribution in [3.63, 3.8) is 0 Å². The largest absolute Gasteiger partial charge is 0.493 e. The highest BCUT2D eigenvalue weighted by Crippen LogP contribution is 2.31. The van der Waals surface area contributed by atoms with Gasteiger partial charge < -0.3 is 14.5 Å². The first-order chi connectivity index (χ1) is 11.6. The fraction of sp³-hybridized carbons (Fsp3) is 0.167. The van der Waals surface area contributed by atoms with Gasteiger partial charge in [0.05, 0.1) is 29.6 Å². The minimum absolute atomic E-state index is 0.210. The average molecular weight is 321 g/mol. The molecule has 1 heterocycles. The lowest BCUT2D eigenvalue weighted by molar-refractivity contribution is 0.206. The maximum atomic E-state index is 12.2. The van der Waals surface area contributed by atoms with Crippen molar-refractivity contribution in [2.45, 2.75) is 13.0 Å². The second kappa shape index (κ2) is 6.42. The molecule has 1 N–H and O–H groups in total. The maximum Gasteiger partial charge on any atom is 0.258 e. The molecule has 0 aliphatic carbocycles. The summed E-state index contributed by atoms with van der Waals surface area (Å²) in [5, 5.41) is 9.48. The highest BCUT2D eigenvalue weighted by molar-refractivity contribution is 5.77. The number of H-pyrrole nitrogens is 1. The Bertz CT molecular complexity index is 989. The summed E-state index contributed by atoms with van der Waals surface area (Å²) in [7, 11) is 1.50. The molecule has 0 saturated heterocycles. The zero-order chi connectivity index (χ0) is 17.1. The zero-order valence-electron chi connectivity index (χ0n) is 13.2. The predicted octanol–water partition coefficient (Wildman–Crippen LogP) is 2.94. The van der Waals surface area contributed by atoms with E-state index in [1.807, 2.05) is 12.1 Å². The highest BCUT2D eigenvalue weighted by atomic mass is 16.5. The molecule has 6 heteroatoms. The molecule has 0 aliphatic rings. The molecule has 0 fully saturated rings. The standard InChI is InChI=1S/C18H15N3O3/c1-11(24-15-8-7-12(10-19)9-16(15)23-2)17-20-14-6-4-3-5-13(14)18(22)21-17/h3-9,11H,1-2H3,(H,20,21,22). The van der Waals surface area contributed by atoms with Gasteiger partial charge in [0.25, 0.3) is 5.56 Å². The zero-order valence-corrected chi connectivity index (χ0v) is 13.2. The second-order valence-corrected chi connectivity index (χ2v) is 5.21. The first-order valence-corrected chi connectivity index (χ1v) is 7.36. The molecule has 24 heavy (non-hydrogen) atoms. The Morgan fingerprint density at radius 3 is 2.75 bits per heavy atom. The van der Waals surface area contributed by atoms with Crippen LogP contribution in [0.1, 0.15) is 24.4 Å². The molecule has 0 amide bonds. The molecular weight excluding hydrogens is 306 g/mol. The van der Waals surface area contributed by atoms with Gasteiger partial charge in [0.15, 0.2) is 23.4 Å². The van der Waals surface area contributed by atoms with Crippen molar-refractivity contribution < 1.29 is 9.47 Å². The van der Waals surface area contributed by atoms with E-state index in [9.17, 15) is 4.79 Å². The summed E-state index contributed by atoms with van der Waals surface area (Å²) in [6.45, 7) is 1.78. The summed E-state index contributed by atoms with van der Waals surface area (Å²) in [4.78, 5) is 19.3. The van der Waals surface area contributed by atoms with Crippen molar-refractivity contribution in [2.75, 3.05) is 7.11 Å². The topological polar surface area (TPSA) is 88.0 Å². The van der Waals surface area contributed by atoms with Gasteiger partial charge in [-0.3, -0.25) is 4.79 Å². The van der Waals surface area contributed by atoms with Crippen molar-refractivity contribution >= 4 is 10.9 Å². The lowest BCUT2D eigenvalue weighted by Crippen LogP contribution is -2.16. The van der Waals surface area contributed by atoms with Crippen LogP contribution in [0.4, 0.5) is 0 Å². The molecule has 3 rings (SSSR count). The molecule has 1 atom stereocenters. The van der Waals surface area contributed by atoms with Gasteiger partial charge in [-0.15, -0.1) is 0 Å². The van der Waals surface area contributed by atoms with E-state index in [2.05, 4.69) is 9.97 Å². The highest BCUT2D eigenvalue weighted by Gasteiger charge is 2.15. The summed E-state index contributed by atoms with van der Waals surface area (Å²) in [5.74, 6) is 1.34. The maximum absolute atomic E-state index is 12.2. The smallest absolute Gasteiger partial charge is 0.258 e. The van der Waals surface area contributed by atoms with E-state index in [0.29, 0.717) is 33.8 Å². The van der Waals surface area contributed by atoms with Crippen LogP contribution >= 0.6 is 0 Å². The molecule has 0 radical (unpaired) electrons. The van der Waals surface area contributed by atoms with Crippen LogP contribution in [-0.4, -0.2) is 17.1 Å². The van der Waals surface area contributed by atoms with Gasteiger partial charge in [0.2, 0.25) is 0 Å². The van der Waals surface area contributed by atoms with Gasteiger partial charge in [-0.1, -0.05) is 12.1 Å². The van der Waals surface area contributed by atoms with Crippen LogP contribution in [0.25, 0.3) is 10.9 Å². The monoisotopic (exact) mass is 321 g/mol. The van der Waals surface area contributed by atoms with Crippen LogP contribution in [0.15, 0.2) is 47.3 Å². The molecular formula is C18H15N3O3.